The lowest BCUT2D eigenvalue weighted by Crippen LogP contribution is -2.29. The first-order chi connectivity index (χ1) is 8.54. The van der Waals surface area contributed by atoms with Crippen molar-refractivity contribution >= 4 is 15.9 Å². The number of halogens is 1. The molecule has 3 nitrogen and oxygen atoms in total. The van der Waals surface area contributed by atoms with Crippen molar-refractivity contribution in [3.8, 4) is 11.5 Å². The van der Waals surface area contributed by atoms with E-state index in [4.69, 9.17) is 9.47 Å². The summed E-state index contributed by atoms with van der Waals surface area (Å²) < 4.78 is 11.5. The quantitative estimate of drug-likeness (QED) is 0.928. The largest absolute Gasteiger partial charge is 0.495 e. The summed E-state index contributed by atoms with van der Waals surface area (Å²) in [5.41, 5.74) is 0.0582. The number of benzene rings is 1. The first kappa shape index (κ1) is 13.7. The lowest BCUT2D eigenvalue weighted by atomic mass is 9.84. The predicted molar refractivity (Wildman–Crippen MR) is 74.2 cm³/mol. The van der Waals surface area contributed by atoms with Gasteiger partial charge >= 0.3 is 0 Å². The summed E-state index contributed by atoms with van der Waals surface area (Å²) in [5.74, 6) is 1.63. The molecule has 0 spiro atoms. The summed E-state index contributed by atoms with van der Waals surface area (Å²) >= 11 is 3.48. The van der Waals surface area contributed by atoms with Crippen molar-refractivity contribution in [3.63, 3.8) is 0 Å². The third-order valence-electron chi connectivity index (χ3n) is 3.96. The fourth-order valence-corrected chi connectivity index (χ4v) is 3.47. The Balaban J connectivity index is 2.54. The van der Waals surface area contributed by atoms with E-state index in [1.165, 1.54) is 0 Å². The molecular weight excluding hydrogens is 296 g/mol. The highest BCUT2D eigenvalue weighted by molar-refractivity contribution is 9.10. The minimum absolute atomic E-state index is 0.242. The van der Waals surface area contributed by atoms with Gasteiger partial charge in [-0.05, 0) is 53.2 Å². The van der Waals surface area contributed by atoms with E-state index in [-0.39, 0.29) is 5.92 Å². The Morgan fingerprint density at radius 1 is 1.33 bits per heavy atom. The van der Waals surface area contributed by atoms with Crippen LogP contribution in [0.25, 0.3) is 0 Å². The van der Waals surface area contributed by atoms with Gasteiger partial charge in [-0.3, -0.25) is 0 Å². The average molecular weight is 315 g/mol. The lowest BCUT2D eigenvalue weighted by molar-refractivity contribution is 0.00227. The van der Waals surface area contributed by atoms with E-state index in [9.17, 15) is 5.11 Å². The Bertz CT molecular complexity index is 447. The Morgan fingerprint density at radius 3 is 2.56 bits per heavy atom. The molecule has 1 N–H and O–H groups in total. The molecule has 2 atom stereocenters. The topological polar surface area (TPSA) is 38.7 Å². The summed E-state index contributed by atoms with van der Waals surface area (Å²) in [6, 6.07) is 3.77. The molecule has 18 heavy (non-hydrogen) atoms. The molecule has 0 aliphatic heterocycles. The molecule has 0 bridgehead atoms. The lowest BCUT2D eigenvalue weighted by Gasteiger charge is -2.30. The van der Waals surface area contributed by atoms with Gasteiger partial charge in [0.1, 0.15) is 16.0 Å². The molecule has 0 heterocycles. The number of methoxy groups -OCH3 is 2. The third kappa shape index (κ3) is 2.01. The maximum absolute atomic E-state index is 10.9. The second kappa shape index (κ2) is 5.10. The van der Waals surface area contributed by atoms with Crippen molar-refractivity contribution in [1.82, 2.24) is 0 Å². The molecule has 2 unspecified atom stereocenters. The highest BCUT2D eigenvalue weighted by Gasteiger charge is 2.42. The zero-order valence-electron chi connectivity index (χ0n) is 11.0. The summed E-state index contributed by atoms with van der Waals surface area (Å²) in [5, 5.41) is 10.9. The van der Waals surface area contributed by atoms with Crippen LogP contribution in [0.2, 0.25) is 0 Å². The van der Waals surface area contributed by atoms with Gasteiger partial charge < -0.3 is 14.6 Å². The van der Waals surface area contributed by atoms with E-state index in [1.807, 2.05) is 12.1 Å². The molecule has 1 aliphatic carbocycles. The molecule has 2 rings (SSSR count). The van der Waals surface area contributed by atoms with E-state index in [2.05, 4.69) is 22.9 Å². The highest BCUT2D eigenvalue weighted by atomic mass is 79.9. The fourth-order valence-electron chi connectivity index (χ4n) is 2.80. The summed E-state index contributed by atoms with van der Waals surface area (Å²) in [6.07, 6.45) is 2.87. The summed E-state index contributed by atoms with van der Waals surface area (Å²) in [4.78, 5) is 0. The average Bonchev–Trinajstić information content (AvgIpc) is 2.70. The summed E-state index contributed by atoms with van der Waals surface area (Å²) in [7, 11) is 3.23. The Morgan fingerprint density at radius 2 is 2.06 bits per heavy atom. The molecule has 0 aromatic heterocycles. The number of rotatable bonds is 3. The van der Waals surface area contributed by atoms with E-state index in [0.717, 1.165) is 29.3 Å². The van der Waals surface area contributed by atoms with Crippen molar-refractivity contribution < 1.29 is 14.6 Å². The zero-order chi connectivity index (χ0) is 13.3. The van der Waals surface area contributed by atoms with Gasteiger partial charge in [0.05, 0.1) is 19.8 Å². The van der Waals surface area contributed by atoms with E-state index < -0.39 is 5.60 Å². The third-order valence-corrected chi connectivity index (χ3v) is 4.71. The van der Waals surface area contributed by atoms with Crippen LogP contribution >= 0.6 is 15.9 Å². The van der Waals surface area contributed by atoms with Gasteiger partial charge in [0, 0.05) is 5.56 Å². The van der Waals surface area contributed by atoms with Gasteiger partial charge in [-0.15, -0.1) is 0 Å². The van der Waals surface area contributed by atoms with Crippen LogP contribution in [0.1, 0.15) is 31.7 Å². The van der Waals surface area contributed by atoms with Crippen molar-refractivity contribution in [2.24, 2.45) is 5.92 Å². The molecule has 0 saturated heterocycles. The molecular formula is C14H19BrO3. The molecule has 1 saturated carbocycles. The van der Waals surface area contributed by atoms with E-state index >= 15 is 0 Å². The Kier molecular flexibility index (Phi) is 3.87. The number of ether oxygens (including phenoxy) is 2. The van der Waals surface area contributed by atoms with Crippen LogP contribution in [0.15, 0.2) is 16.6 Å². The van der Waals surface area contributed by atoms with Crippen LogP contribution in [0.4, 0.5) is 0 Å². The van der Waals surface area contributed by atoms with E-state index in [1.54, 1.807) is 14.2 Å². The molecule has 4 heteroatoms. The molecule has 0 radical (unpaired) electrons. The van der Waals surface area contributed by atoms with Gasteiger partial charge in [-0.2, -0.15) is 0 Å². The van der Waals surface area contributed by atoms with Crippen molar-refractivity contribution in [1.29, 1.82) is 0 Å². The molecule has 0 amide bonds. The van der Waals surface area contributed by atoms with Crippen LogP contribution < -0.4 is 9.47 Å². The second-order valence-electron chi connectivity index (χ2n) is 4.88. The molecule has 1 fully saturated rings. The van der Waals surface area contributed by atoms with Crippen molar-refractivity contribution in [2.45, 2.75) is 31.8 Å². The minimum Gasteiger partial charge on any atom is -0.495 e. The normalized spacial score (nSPS) is 27.3. The number of hydrogen-bond acceptors (Lipinski definition) is 3. The number of aliphatic hydroxyl groups is 1. The number of hydrogen-bond donors (Lipinski definition) is 1. The van der Waals surface area contributed by atoms with Gasteiger partial charge in [-0.1, -0.05) is 6.92 Å². The Hall–Kier alpha value is -0.740. The minimum atomic E-state index is -0.792. The molecule has 1 aromatic carbocycles. The van der Waals surface area contributed by atoms with E-state index in [0.29, 0.717) is 11.5 Å². The zero-order valence-corrected chi connectivity index (χ0v) is 12.6. The SMILES string of the molecule is COc1ccc(C2(O)CCCC2C)c(OC)c1Br. The predicted octanol–water partition coefficient (Wildman–Crippen LogP) is 3.47. The first-order valence-corrected chi connectivity index (χ1v) is 6.97. The molecule has 100 valence electrons. The van der Waals surface area contributed by atoms with Crippen molar-refractivity contribution in [2.75, 3.05) is 14.2 Å². The van der Waals surface area contributed by atoms with Crippen molar-refractivity contribution in [3.05, 3.63) is 22.2 Å². The smallest absolute Gasteiger partial charge is 0.142 e. The van der Waals surface area contributed by atoms with Crippen LogP contribution in [0.5, 0.6) is 11.5 Å². The second-order valence-corrected chi connectivity index (χ2v) is 5.67. The highest BCUT2D eigenvalue weighted by Crippen LogP contribution is 2.49. The summed E-state index contributed by atoms with van der Waals surface area (Å²) in [6.45, 7) is 2.09. The van der Waals surface area contributed by atoms with Crippen LogP contribution in [-0.4, -0.2) is 19.3 Å². The van der Waals surface area contributed by atoms with Crippen LogP contribution in [0, 0.1) is 5.92 Å². The maximum Gasteiger partial charge on any atom is 0.142 e. The van der Waals surface area contributed by atoms with Gasteiger partial charge in [-0.25, -0.2) is 0 Å². The molecule has 1 aliphatic rings. The van der Waals surface area contributed by atoms with Crippen LogP contribution in [0.3, 0.4) is 0 Å². The van der Waals surface area contributed by atoms with Gasteiger partial charge in [0.15, 0.2) is 0 Å². The molecule has 1 aromatic rings. The van der Waals surface area contributed by atoms with Gasteiger partial charge in [0.2, 0.25) is 0 Å². The first-order valence-electron chi connectivity index (χ1n) is 6.18. The Labute approximate surface area is 116 Å². The van der Waals surface area contributed by atoms with Crippen LogP contribution in [-0.2, 0) is 5.60 Å². The monoisotopic (exact) mass is 314 g/mol. The fraction of sp³-hybridized carbons (Fsp3) is 0.571. The standard InChI is InChI=1S/C14H19BrO3/c1-9-5-4-8-14(9,16)10-6-7-11(17-2)12(15)13(10)18-3/h6-7,9,16H,4-5,8H2,1-3H3. The van der Waals surface area contributed by atoms with Gasteiger partial charge in [0.25, 0.3) is 0 Å². The maximum atomic E-state index is 10.9.